The molecule has 0 bridgehead atoms. The molecule has 1 aliphatic rings. The van der Waals surface area contributed by atoms with E-state index in [9.17, 15) is 0 Å². The Bertz CT molecular complexity index is 3010. The summed E-state index contributed by atoms with van der Waals surface area (Å²) in [5.74, 6) is 1.79. The van der Waals surface area contributed by atoms with Gasteiger partial charge >= 0.3 is 0 Å². The minimum Gasteiger partial charge on any atom is -0.456 e. The number of hydrogen-bond acceptors (Lipinski definition) is 2. The summed E-state index contributed by atoms with van der Waals surface area (Å²) in [4.78, 5) is 2.40. The topological polar surface area (TPSA) is 12.5 Å². The van der Waals surface area contributed by atoms with E-state index in [0.29, 0.717) is 0 Å². The highest BCUT2D eigenvalue weighted by Crippen LogP contribution is 2.49. The minimum absolute atomic E-state index is 0.895. The number of rotatable bonds is 6. The van der Waals surface area contributed by atoms with E-state index in [1.54, 1.807) is 0 Å². The number of benzene rings is 10. The summed E-state index contributed by atoms with van der Waals surface area (Å²) < 4.78 is 6.46. The Labute approximate surface area is 326 Å². The molecular formula is C54H35NO. The minimum atomic E-state index is 0.895. The van der Waals surface area contributed by atoms with Gasteiger partial charge in [0.05, 0.1) is 0 Å². The van der Waals surface area contributed by atoms with Gasteiger partial charge in [0.25, 0.3) is 0 Å². The van der Waals surface area contributed by atoms with Crippen LogP contribution in [0.3, 0.4) is 0 Å². The molecule has 10 aromatic rings. The van der Waals surface area contributed by atoms with E-state index in [2.05, 4.69) is 205 Å². The third-order valence-corrected chi connectivity index (χ3v) is 11.2. The predicted molar refractivity (Wildman–Crippen MR) is 235 cm³/mol. The van der Waals surface area contributed by atoms with Crippen molar-refractivity contribution in [2.45, 2.75) is 0 Å². The lowest BCUT2D eigenvalue weighted by atomic mass is 9.90. The summed E-state index contributed by atoms with van der Waals surface area (Å²) in [6.07, 6.45) is 0. The fourth-order valence-corrected chi connectivity index (χ4v) is 8.67. The van der Waals surface area contributed by atoms with Gasteiger partial charge < -0.3 is 9.64 Å². The molecule has 0 N–H and O–H groups in total. The van der Waals surface area contributed by atoms with Gasteiger partial charge in [-0.1, -0.05) is 164 Å². The summed E-state index contributed by atoms with van der Waals surface area (Å²) in [5.41, 5.74) is 12.7. The van der Waals surface area contributed by atoms with E-state index in [-0.39, 0.29) is 0 Å². The van der Waals surface area contributed by atoms with Crippen LogP contribution in [-0.2, 0) is 0 Å². The van der Waals surface area contributed by atoms with Crippen molar-refractivity contribution in [1.29, 1.82) is 0 Å². The number of hydrogen-bond donors (Lipinski definition) is 0. The van der Waals surface area contributed by atoms with Crippen LogP contribution in [0.1, 0.15) is 0 Å². The Morgan fingerprint density at radius 2 is 0.714 bits per heavy atom. The number of para-hydroxylation sites is 1. The summed E-state index contributed by atoms with van der Waals surface area (Å²) >= 11 is 0. The second kappa shape index (κ2) is 13.2. The van der Waals surface area contributed by atoms with Crippen molar-refractivity contribution >= 4 is 49.4 Å². The SMILES string of the molecule is c1cc(-c2cccc3ccccc23)cc(N(c2cccc(-c3cccc4ccccc34)c2)c2cccc(-c3ccc4c5c(cccc35)-c3ccccc3O4)c2)c1. The first kappa shape index (κ1) is 32.0. The molecule has 2 heteroatoms. The van der Waals surface area contributed by atoms with Crippen LogP contribution in [-0.4, -0.2) is 0 Å². The van der Waals surface area contributed by atoms with Crippen LogP contribution in [0.25, 0.3) is 76.8 Å². The standard InChI is InChI=1S/C54H35NO/c1-3-23-44-36(13-1)15-10-26-46(44)38-17-7-20-41(33-38)55(42-21-8-18-39(34-42)47-27-11-16-37-14-2-4-24-45(37)47)43-22-9-19-40(35-43)48-31-32-53-54-50(48)28-12-29-51(54)49-25-5-6-30-52(49)56-53/h1-35H. The van der Waals surface area contributed by atoms with Crippen LogP contribution >= 0.6 is 0 Å². The van der Waals surface area contributed by atoms with Crippen molar-refractivity contribution in [3.8, 4) is 56.0 Å². The Morgan fingerprint density at radius 1 is 0.286 bits per heavy atom. The molecule has 0 aromatic heterocycles. The van der Waals surface area contributed by atoms with Crippen LogP contribution in [0.15, 0.2) is 212 Å². The first-order chi connectivity index (χ1) is 27.8. The third-order valence-electron chi connectivity index (χ3n) is 11.2. The molecule has 10 aromatic carbocycles. The molecule has 2 nitrogen and oxygen atoms in total. The monoisotopic (exact) mass is 713 g/mol. The molecular weight excluding hydrogens is 679 g/mol. The lowest BCUT2D eigenvalue weighted by Gasteiger charge is -2.27. The number of nitrogens with zero attached hydrogens (tertiary/aromatic N) is 1. The average Bonchev–Trinajstić information content (AvgIpc) is 3.27. The molecule has 0 atom stereocenters. The number of anilines is 3. The molecule has 0 radical (unpaired) electrons. The fourth-order valence-electron chi connectivity index (χ4n) is 8.67. The van der Waals surface area contributed by atoms with Crippen molar-refractivity contribution in [2.75, 3.05) is 4.90 Å². The molecule has 1 heterocycles. The Morgan fingerprint density at radius 3 is 1.32 bits per heavy atom. The van der Waals surface area contributed by atoms with Crippen molar-refractivity contribution in [3.05, 3.63) is 212 Å². The maximum Gasteiger partial charge on any atom is 0.135 e. The summed E-state index contributed by atoms with van der Waals surface area (Å²) in [6.45, 7) is 0. The van der Waals surface area contributed by atoms with Gasteiger partial charge in [-0.2, -0.15) is 0 Å². The van der Waals surface area contributed by atoms with Crippen LogP contribution in [0.5, 0.6) is 11.5 Å². The van der Waals surface area contributed by atoms with E-state index in [1.165, 1.54) is 60.3 Å². The van der Waals surface area contributed by atoms with Crippen LogP contribution in [0.4, 0.5) is 17.1 Å². The van der Waals surface area contributed by atoms with Gasteiger partial charge in [0, 0.05) is 28.0 Å². The second-order valence-corrected chi connectivity index (χ2v) is 14.5. The Balaban J connectivity index is 1.09. The highest BCUT2D eigenvalue weighted by atomic mass is 16.5. The van der Waals surface area contributed by atoms with Crippen LogP contribution in [0.2, 0.25) is 0 Å². The zero-order valence-corrected chi connectivity index (χ0v) is 30.6. The van der Waals surface area contributed by atoms with Gasteiger partial charge in [-0.25, -0.2) is 0 Å². The Hall–Kier alpha value is -7.42. The predicted octanol–water partition coefficient (Wildman–Crippen LogP) is 15.4. The lowest BCUT2D eigenvalue weighted by Crippen LogP contribution is -2.10. The van der Waals surface area contributed by atoms with E-state index in [0.717, 1.165) is 45.1 Å². The first-order valence-corrected chi connectivity index (χ1v) is 19.2. The maximum absolute atomic E-state index is 6.46. The summed E-state index contributed by atoms with van der Waals surface area (Å²) in [7, 11) is 0. The highest BCUT2D eigenvalue weighted by Gasteiger charge is 2.22. The molecule has 0 saturated heterocycles. The van der Waals surface area contributed by atoms with Gasteiger partial charge in [-0.15, -0.1) is 0 Å². The molecule has 0 unspecified atom stereocenters. The van der Waals surface area contributed by atoms with E-state index < -0.39 is 0 Å². The van der Waals surface area contributed by atoms with Gasteiger partial charge in [-0.3, -0.25) is 0 Å². The Kier molecular flexibility index (Phi) is 7.53. The molecule has 11 rings (SSSR count). The maximum atomic E-state index is 6.46. The van der Waals surface area contributed by atoms with Crippen molar-refractivity contribution in [1.82, 2.24) is 0 Å². The molecule has 1 aliphatic heterocycles. The lowest BCUT2D eigenvalue weighted by molar-refractivity contribution is 0.487. The summed E-state index contributed by atoms with van der Waals surface area (Å²) in [5, 5.41) is 7.28. The number of ether oxygens (including phenoxy) is 1. The molecule has 0 spiro atoms. The second-order valence-electron chi connectivity index (χ2n) is 14.5. The molecule has 56 heavy (non-hydrogen) atoms. The quantitative estimate of drug-likeness (QED) is 0.170. The average molecular weight is 714 g/mol. The van der Waals surface area contributed by atoms with Gasteiger partial charge in [0.2, 0.25) is 0 Å². The molecule has 0 saturated carbocycles. The molecule has 262 valence electrons. The molecule has 0 aliphatic carbocycles. The van der Waals surface area contributed by atoms with Gasteiger partial charge in [0.15, 0.2) is 0 Å². The zero-order chi connectivity index (χ0) is 37.0. The molecule has 0 amide bonds. The van der Waals surface area contributed by atoms with Gasteiger partial charge in [-0.05, 0) is 114 Å². The van der Waals surface area contributed by atoms with E-state index in [4.69, 9.17) is 4.74 Å². The fraction of sp³-hybridized carbons (Fsp3) is 0. The first-order valence-electron chi connectivity index (χ1n) is 19.2. The van der Waals surface area contributed by atoms with Gasteiger partial charge in [0.1, 0.15) is 11.5 Å². The van der Waals surface area contributed by atoms with E-state index >= 15 is 0 Å². The molecule has 0 fully saturated rings. The zero-order valence-electron chi connectivity index (χ0n) is 30.6. The normalized spacial score (nSPS) is 11.7. The smallest absolute Gasteiger partial charge is 0.135 e. The van der Waals surface area contributed by atoms with Crippen LogP contribution < -0.4 is 9.64 Å². The largest absolute Gasteiger partial charge is 0.456 e. The van der Waals surface area contributed by atoms with Crippen molar-refractivity contribution in [2.24, 2.45) is 0 Å². The third kappa shape index (κ3) is 5.34. The van der Waals surface area contributed by atoms with Crippen LogP contribution in [0, 0.1) is 0 Å². The highest BCUT2D eigenvalue weighted by molar-refractivity contribution is 6.10. The van der Waals surface area contributed by atoms with Crippen molar-refractivity contribution in [3.63, 3.8) is 0 Å². The number of fused-ring (bicyclic) bond motifs is 4. The van der Waals surface area contributed by atoms with E-state index in [1.807, 2.05) is 12.1 Å². The van der Waals surface area contributed by atoms with Crippen molar-refractivity contribution < 1.29 is 4.74 Å². The summed E-state index contributed by atoms with van der Waals surface area (Å²) in [6, 6.07) is 76.6.